The van der Waals surface area contributed by atoms with Crippen LogP contribution in [0.2, 0.25) is 0 Å². The number of rotatable bonds is 3. The molecule has 0 fully saturated rings. The number of hydrogen-bond donors (Lipinski definition) is 0. The average Bonchev–Trinajstić information content (AvgIpc) is 3.62. The quantitative estimate of drug-likeness (QED) is 0.167. The Balaban J connectivity index is 1.04. The number of para-hydroxylation sites is 1. The van der Waals surface area contributed by atoms with E-state index in [0.717, 1.165) is 71.9 Å². The minimum Gasteiger partial charge on any atom is -0.247 e. The van der Waals surface area contributed by atoms with E-state index >= 15 is 0 Å². The van der Waals surface area contributed by atoms with Crippen LogP contribution in [0, 0.1) is 0 Å². The van der Waals surface area contributed by atoms with Gasteiger partial charge in [-0.3, -0.25) is 0 Å². The van der Waals surface area contributed by atoms with E-state index in [0.29, 0.717) is 0 Å². The zero-order valence-corrected chi connectivity index (χ0v) is 33.1. The first-order valence-corrected chi connectivity index (χ1v) is 21.3. The molecule has 8 aromatic carbocycles. The zero-order chi connectivity index (χ0) is 39.4. The first-order chi connectivity index (χ1) is 29.7. The zero-order valence-electron chi connectivity index (χ0n) is 32.3. The van der Waals surface area contributed by atoms with E-state index in [2.05, 4.69) is 194 Å². The normalized spacial score (nSPS) is 13.4. The summed E-state index contributed by atoms with van der Waals surface area (Å²) >= 11 is 1.88. The number of aromatic nitrogens is 3. The summed E-state index contributed by atoms with van der Waals surface area (Å²) in [4.78, 5) is 18.6. The van der Waals surface area contributed by atoms with Gasteiger partial charge in [-0.2, -0.15) is 0 Å². The Kier molecular flexibility index (Phi) is 7.16. The maximum absolute atomic E-state index is 5.46. The van der Waals surface area contributed by atoms with E-state index in [1.54, 1.807) is 0 Å². The van der Waals surface area contributed by atoms with E-state index < -0.39 is 5.41 Å². The highest BCUT2D eigenvalue weighted by Gasteiger charge is 2.50. The van der Waals surface area contributed by atoms with Crippen molar-refractivity contribution in [2.24, 2.45) is 0 Å². The second-order valence-electron chi connectivity index (χ2n) is 15.8. The maximum atomic E-state index is 5.46. The first-order valence-electron chi connectivity index (χ1n) is 20.4. The van der Waals surface area contributed by atoms with Crippen LogP contribution in [0.15, 0.2) is 210 Å². The minimum absolute atomic E-state index is 0.453. The number of fused-ring (bicyclic) bond motifs is 16. The minimum atomic E-state index is -0.453. The monoisotopic (exact) mass is 779 g/mol. The third-order valence-electron chi connectivity index (χ3n) is 12.7. The van der Waals surface area contributed by atoms with Gasteiger partial charge < -0.3 is 0 Å². The molecule has 4 heterocycles. The summed E-state index contributed by atoms with van der Waals surface area (Å²) < 4.78 is 0. The second-order valence-corrected chi connectivity index (χ2v) is 16.9. The van der Waals surface area contributed by atoms with Crippen LogP contribution < -0.4 is 0 Å². The van der Waals surface area contributed by atoms with Crippen molar-refractivity contribution in [1.29, 1.82) is 0 Å². The fourth-order valence-electron chi connectivity index (χ4n) is 10.1. The standard InChI is InChI=1S/C56H33N3S/c1-2-13-34(14-3-1)46-31-27-35-25-26-36-28-32-47(58-55(36)54(35)57-46)37-15-12-16-38(33-37)53-41-29-30-45-52(51(41)40-18-5-9-22-48(40)59-53)39-17-4-6-19-42(39)56(45)43-20-7-10-23-49(43)60-50-24-11-8-21-44(50)56/h1-33H. The van der Waals surface area contributed by atoms with Gasteiger partial charge in [0, 0.05) is 53.4 Å². The van der Waals surface area contributed by atoms with Gasteiger partial charge in [0.15, 0.2) is 0 Å². The summed E-state index contributed by atoms with van der Waals surface area (Å²) in [5.74, 6) is 0. The van der Waals surface area contributed by atoms with Gasteiger partial charge in [0.1, 0.15) is 0 Å². The van der Waals surface area contributed by atoms with Crippen LogP contribution in [0.3, 0.4) is 0 Å². The molecule has 0 atom stereocenters. The van der Waals surface area contributed by atoms with E-state index in [9.17, 15) is 0 Å². The summed E-state index contributed by atoms with van der Waals surface area (Å²) in [5.41, 5.74) is 16.2. The van der Waals surface area contributed by atoms with Crippen molar-refractivity contribution < 1.29 is 0 Å². The molecule has 13 rings (SSSR count). The number of benzene rings is 8. The molecule has 1 aliphatic carbocycles. The van der Waals surface area contributed by atoms with Crippen LogP contribution in [0.1, 0.15) is 22.3 Å². The van der Waals surface area contributed by atoms with Crippen LogP contribution in [0.25, 0.3) is 88.4 Å². The largest absolute Gasteiger partial charge is 0.247 e. The third kappa shape index (κ3) is 4.71. The van der Waals surface area contributed by atoms with Crippen molar-refractivity contribution in [3.63, 3.8) is 0 Å². The van der Waals surface area contributed by atoms with E-state index in [4.69, 9.17) is 15.0 Å². The molecule has 0 saturated carbocycles. The second kappa shape index (κ2) is 12.8. The number of pyridine rings is 3. The molecule has 60 heavy (non-hydrogen) atoms. The van der Waals surface area contributed by atoms with Crippen molar-refractivity contribution in [3.05, 3.63) is 222 Å². The lowest BCUT2D eigenvalue weighted by Crippen LogP contribution is -2.31. The molecular weight excluding hydrogens is 747 g/mol. The van der Waals surface area contributed by atoms with Crippen LogP contribution in [0.4, 0.5) is 0 Å². The van der Waals surface area contributed by atoms with Crippen LogP contribution in [-0.2, 0) is 5.41 Å². The highest BCUT2D eigenvalue weighted by molar-refractivity contribution is 7.99. The van der Waals surface area contributed by atoms with Gasteiger partial charge in [-0.05, 0) is 69.8 Å². The molecule has 0 unspecified atom stereocenters. The molecule has 278 valence electrons. The van der Waals surface area contributed by atoms with E-state index in [-0.39, 0.29) is 0 Å². The molecule has 2 aliphatic rings. The lowest BCUT2D eigenvalue weighted by molar-refractivity contribution is 0.723. The van der Waals surface area contributed by atoms with E-state index in [1.807, 2.05) is 17.8 Å². The smallest absolute Gasteiger partial charge is 0.0972 e. The van der Waals surface area contributed by atoms with Crippen molar-refractivity contribution in [3.8, 4) is 44.9 Å². The average molecular weight is 780 g/mol. The number of nitrogens with zero attached hydrogens (tertiary/aromatic N) is 3. The van der Waals surface area contributed by atoms with Crippen molar-refractivity contribution in [2.75, 3.05) is 0 Å². The SMILES string of the molecule is c1ccc(-c2ccc3ccc4ccc(-c5cccc(-c6nc7ccccc7c7c8c(ccc67)C6(c7ccccc7Sc7ccccc76)c6ccccc6-8)c5)nc4c3n2)cc1. The Morgan fingerprint density at radius 1 is 0.383 bits per heavy atom. The molecule has 0 saturated heterocycles. The maximum Gasteiger partial charge on any atom is 0.0972 e. The van der Waals surface area contributed by atoms with Gasteiger partial charge in [0.05, 0.1) is 39.0 Å². The Bertz CT molecular complexity index is 3550. The molecule has 4 heteroatoms. The lowest BCUT2D eigenvalue weighted by Gasteiger charge is -2.39. The molecule has 0 bridgehead atoms. The van der Waals surface area contributed by atoms with Gasteiger partial charge in [0.2, 0.25) is 0 Å². The summed E-state index contributed by atoms with van der Waals surface area (Å²) in [5, 5.41) is 5.68. The fraction of sp³-hybridized carbons (Fsp3) is 0.0179. The van der Waals surface area contributed by atoms with Crippen molar-refractivity contribution in [2.45, 2.75) is 15.2 Å². The molecule has 3 aromatic heterocycles. The Hall–Kier alpha value is -7.40. The van der Waals surface area contributed by atoms with Gasteiger partial charge in [-0.25, -0.2) is 15.0 Å². The van der Waals surface area contributed by atoms with E-state index in [1.165, 1.54) is 48.6 Å². The highest BCUT2D eigenvalue weighted by atomic mass is 32.2. The molecule has 1 aliphatic heterocycles. The predicted molar refractivity (Wildman–Crippen MR) is 248 cm³/mol. The first kappa shape index (κ1) is 33.6. The molecular formula is C56H33N3S. The van der Waals surface area contributed by atoms with Gasteiger partial charge in [-0.1, -0.05) is 176 Å². The summed E-state index contributed by atoms with van der Waals surface area (Å²) in [6.07, 6.45) is 0. The molecule has 11 aromatic rings. The van der Waals surface area contributed by atoms with Crippen molar-refractivity contribution in [1.82, 2.24) is 15.0 Å². The summed E-state index contributed by atoms with van der Waals surface area (Å²) in [7, 11) is 0. The highest BCUT2D eigenvalue weighted by Crippen LogP contribution is 2.63. The molecule has 1 spiro atoms. The van der Waals surface area contributed by atoms with Crippen molar-refractivity contribution >= 4 is 55.2 Å². The third-order valence-corrected chi connectivity index (χ3v) is 13.8. The fourth-order valence-corrected chi connectivity index (χ4v) is 11.3. The Morgan fingerprint density at radius 2 is 0.967 bits per heavy atom. The topological polar surface area (TPSA) is 38.7 Å². The molecule has 0 radical (unpaired) electrons. The summed E-state index contributed by atoms with van der Waals surface area (Å²) in [6, 6.07) is 72.4. The number of hydrogen-bond acceptors (Lipinski definition) is 4. The Labute approximate surface area is 351 Å². The molecule has 0 amide bonds. The van der Waals surface area contributed by atoms with Gasteiger partial charge >= 0.3 is 0 Å². The molecule has 3 nitrogen and oxygen atoms in total. The van der Waals surface area contributed by atoms with Gasteiger partial charge in [0.25, 0.3) is 0 Å². The Morgan fingerprint density at radius 3 is 1.72 bits per heavy atom. The predicted octanol–water partition coefficient (Wildman–Crippen LogP) is 14.3. The summed E-state index contributed by atoms with van der Waals surface area (Å²) in [6.45, 7) is 0. The van der Waals surface area contributed by atoms with Crippen LogP contribution >= 0.6 is 11.8 Å². The molecule has 0 N–H and O–H groups in total. The van der Waals surface area contributed by atoms with Crippen LogP contribution in [-0.4, -0.2) is 15.0 Å². The van der Waals surface area contributed by atoms with Crippen LogP contribution in [0.5, 0.6) is 0 Å². The lowest BCUT2D eigenvalue weighted by atomic mass is 9.67. The van der Waals surface area contributed by atoms with Gasteiger partial charge in [-0.15, -0.1) is 0 Å².